The molecule has 0 saturated heterocycles. The molecule has 3 heterocycles. The minimum atomic E-state index is -0.917. The average Bonchev–Trinajstić information content (AvgIpc) is 3.59. The molecule has 0 unspecified atom stereocenters. The minimum Gasteiger partial charge on any atom is -0.497 e. The van der Waals surface area contributed by atoms with Crippen molar-refractivity contribution in [3.8, 4) is 17.2 Å². The smallest absolute Gasteiger partial charge is 0.338 e. The van der Waals surface area contributed by atoms with Crippen molar-refractivity contribution in [2.45, 2.75) is 13.0 Å². The number of nitrogens with zero attached hydrogens (tertiary/aromatic N) is 3. The molecule has 2 aliphatic rings. The molecule has 0 amide bonds. The van der Waals surface area contributed by atoms with E-state index in [1.165, 1.54) is 29.9 Å². The highest BCUT2D eigenvalue weighted by molar-refractivity contribution is 7.07. The summed E-state index contributed by atoms with van der Waals surface area (Å²) in [5.41, 5.74) is 1.26. The van der Waals surface area contributed by atoms with Crippen LogP contribution in [-0.2, 0) is 9.53 Å². The zero-order valence-corrected chi connectivity index (χ0v) is 23.3. The van der Waals surface area contributed by atoms with Crippen LogP contribution in [0.1, 0.15) is 29.7 Å². The summed E-state index contributed by atoms with van der Waals surface area (Å²) in [6.45, 7) is 1.76. The Kier molecular flexibility index (Phi) is 7.05. The van der Waals surface area contributed by atoms with Crippen LogP contribution in [0.25, 0.3) is 11.8 Å². The second kappa shape index (κ2) is 11.0. The van der Waals surface area contributed by atoms with E-state index in [0.29, 0.717) is 33.1 Å². The van der Waals surface area contributed by atoms with Gasteiger partial charge in [-0.25, -0.2) is 9.79 Å². The molecule has 11 nitrogen and oxygen atoms in total. The quantitative estimate of drug-likeness (QED) is 0.183. The van der Waals surface area contributed by atoms with Crippen LogP contribution >= 0.6 is 11.3 Å². The number of carbonyl (C=O) groups excluding carboxylic acids is 1. The number of thiazole rings is 1. The number of nitro benzene ring substituents is 1. The van der Waals surface area contributed by atoms with E-state index in [2.05, 4.69) is 0 Å². The van der Waals surface area contributed by atoms with Crippen molar-refractivity contribution < 1.29 is 28.7 Å². The first kappa shape index (κ1) is 27.0. The fourth-order valence-corrected chi connectivity index (χ4v) is 5.92. The summed E-state index contributed by atoms with van der Waals surface area (Å²) in [6, 6.07) is 18.1. The predicted octanol–water partition coefficient (Wildman–Crippen LogP) is 3.58. The molecule has 0 fully saturated rings. The van der Waals surface area contributed by atoms with Crippen LogP contribution in [0.4, 0.5) is 5.69 Å². The highest BCUT2D eigenvalue weighted by Gasteiger charge is 2.35. The van der Waals surface area contributed by atoms with E-state index < -0.39 is 22.5 Å². The molecule has 212 valence electrons. The lowest BCUT2D eigenvalue weighted by molar-refractivity contribution is -0.385. The van der Waals surface area contributed by atoms with Crippen molar-refractivity contribution in [2.24, 2.45) is 4.99 Å². The number of ether oxygens (including phenoxy) is 4. The largest absolute Gasteiger partial charge is 0.497 e. The maximum atomic E-state index is 14.1. The first-order valence-corrected chi connectivity index (χ1v) is 13.7. The molecular weight excluding hydrogens is 562 g/mol. The van der Waals surface area contributed by atoms with Crippen LogP contribution in [0.2, 0.25) is 0 Å². The van der Waals surface area contributed by atoms with Crippen molar-refractivity contribution in [3.05, 3.63) is 119 Å². The van der Waals surface area contributed by atoms with E-state index in [9.17, 15) is 19.7 Å². The summed E-state index contributed by atoms with van der Waals surface area (Å²) in [4.78, 5) is 44.1. The molecule has 42 heavy (non-hydrogen) atoms. The molecule has 1 aromatic heterocycles. The van der Waals surface area contributed by atoms with Gasteiger partial charge in [0.15, 0.2) is 16.3 Å². The SMILES string of the molecule is CCOC(=O)C1=C(c2ccccc2)N=c2s/c(=C\c3cc4c(cc3[N+](=O)[O-])OCO4)c(=O)n2[C@H]1c1cccc(OC)c1. The van der Waals surface area contributed by atoms with Crippen molar-refractivity contribution in [1.82, 2.24) is 4.57 Å². The summed E-state index contributed by atoms with van der Waals surface area (Å²) >= 11 is 1.06. The molecule has 0 bridgehead atoms. The van der Waals surface area contributed by atoms with Crippen molar-refractivity contribution in [1.29, 1.82) is 0 Å². The Morgan fingerprint density at radius 3 is 2.62 bits per heavy atom. The fraction of sp³-hybridized carbons (Fsp3) is 0.167. The first-order valence-electron chi connectivity index (χ1n) is 12.9. The van der Waals surface area contributed by atoms with Gasteiger partial charge in [-0.3, -0.25) is 19.5 Å². The van der Waals surface area contributed by atoms with Gasteiger partial charge in [0.2, 0.25) is 6.79 Å². The summed E-state index contributed by atoms with van der Waals surface area (Å²) in [6.07, 6.45) is 1.43. The molecule has 0 saturated carbocycles. The van der Waals surface area contributed by atoms with Gasteiger partial charge in [-0.1, -0.05) is 53.8 Å². The number of fused-ring (bicyclic) bond motifs is 2. The van der Waals surface area contributed by atoms with E-state index in [4.69, 9.17) is 23.9 Å². The topological polar surface area (TPSA) is 131 Å². The third-order valence-electron chi connectivity index (χ3n) is 6.79. The number of nitro groups is 1. The standard InChI is InChI=1S/C30H23N3O8S/c1-3-39-29(35)25-26(17-8-5-4-6-9-17)31-30-32(27(25)18-10-7-11-20(12-18)38-2)28(34)24(42-30)14-19-13-22-23(41-16-40-22)15-21(19)33(36)37/h4-15,27H,3,16H2,1-2H3/b24-14-/t27-/m0/s1. The molecule has 0 N–H and O–H groups in total. The number of methoxy groups -OCH3 is 1. The maximum absolute atomic E-state index is 14.1. The summed E-state index contributed by atoms with van der Waals surface area (Å²) in [5.74, 6) is 0.510. The highest BCUT2D eigenvalue weighted by atomic mass is 32.1. The van der Waals surface area contributed by atoms with Crippen molar-refractivity contribution in [2.75, 3.05) is 20.5 Å². The Morgan fingerprint density at radius 2 is 1.90 bits per heavy atom. The first-order chi connectivity index (χ1) is 20.4. The number of hydrogen-bond donors (Lipinski definition) is 0. The molecular formula is C30H23N3O8S. The Morgan fingerprint density at radius 1 is 1.14 bits per heavy atom. The van der Waals surface area contributed by atoms with Crippen LogP contribution in [-0.4, -0.2) is 36.0 Å². The lowest BCUT2D eigenvalue weighted by Crippen LogP contribution is -2.40. The highest BCUT2D eigenvalue weighted by Crippen LogP contribution is 2.39. The third kappa shape index (κ3) is 4.71. The van der Waals surface area contributed by atoms with E-state index in [0.717, 1.165) is 11.3 Å². The number of rotatable bonds is 7. The van der Waals surface area contributed by atoms with E-state index >= 15 is 0 Å². The number of esters is 1. The second-order valence-corrected chi connectivity index (χ2v) is 10.2. The van der Waals surface area contributed by atoms with Gasteiger partial charge >= 0.3 is 5.97 Å². The molecule has 4 aromatic rings. The zero-order chi connectivity index (χ0) is 29.4. The predicted molar refractivity (Wildman–Crippen MR) is 153 cm³/mol. The van der Waals surface area contributed by atoms with Gasteiger partial charge in [-0.2, -0.15) is 0 Å². The lowest BCUT2D eigenvalue weighted by atomic mass is 9.93. The maximum Gasteiger partial charge on any atom is 0.338 e. The summed E-state index contributed by atoms with van der Waals surface area (Å²) in [5, 5.41) is 11.9. The zero-order valence-electron chi connectivity index (χ0n) is 22.4. The summed E-state index contributed by atoms with van der Waals surface area (Å²) in [7, 11) is 1.53. The van der Waals surface area contributed by atoms with Gasteiger partial charge in [-0.05, 0) is 36.8 Å². The molecule has 2 aliphatic heterocycles. The molecule has 1 atom stereocenters. The molecule has 0 radical (unpaired) electrons. The van der Waals surface area contributed by atoms with Crippen molar-refractivity contribution in [3.63, 3.8) is 0 Å². The van der Waals surface area contributed by atoms with Gasteiger partial charge in [0.1, 0.15) is 5.75 Å². The Bertz CT molecular complexity index is 1950. The molecule has 3 aromatic carbocycles. The molecule has 12 heteroatoms. The Hall–Kier alpha value is -5.23. The number of benzene rings is 3. The van der Waals surface area contributed by atoms with Gasteiger partial charge in [0, 0.05) is 5.56 Å². The fourth-order valence-electron chi connectivity index (χ4n) is 4.93. The van der Waals surface area contributed by atoms with Gasteiger partial charge in [0.05, 0.1) is 52.1 Å². The van der Waals surface area contributed by atoms with Gasteiger partial charge < -0.3 is 18.9 Å². The Labute approximate surface area is 242 Å². The second-order valence-electron chi connectivity index (χ2n) is 9.23. The summed E-state index contributed by atoms with van der Waals surface area (Å²) < 4.78 is 23.2. The van der Waals surface area contributed by atoms with Crippen LogP contribution in [0, 0.1) is 10.1 Å². The van der Waals surface area contributed by atoms with Gasteiger partial charge in [-0.15, -0.1) is 0 Å². The number of carbonyl (C=O) groups is 1. The van der Waals surface area contributed by atoms with Crippen LogP contribution in [0.3, 0.4) is 0 Å². The average molecular weight is 586 g/mol. The van der Waals surface area contributed by atoms with Crippen LogP contribution < -0.4 is 29.1 Å². The molecule has 0 aliphatic carbocycles. The van der Waals surface area contributed by atoms with Crippen molar-refractivity contribution >= 4 is 34.8 Å². The lowest BCUT2D eigenvalue weighted by Gasteiger charge is -2.26. The van der Waals surface area contributed by atoms with Crippen LogP contribution in [0.15, 0.2) is 82.1 Å². The Balaban J connectivity index is 1.65. The third-order valence-corrected chi connectivity index (χ3v) is 7.77. The monoisotopic (exact) mass is 585 g/mol. The molecule has 6 rings (SSSR count). The van der Waals surface area contributed by atoms with E-state index in [1.807, 2.05) is 30.3 Å². The van der Waals surface area contributed by atoms with Gasteiger partial charge in [0.25, 0.3) is 11.2 Å². The normalized spacial score (nSPS) is 15.7. The molecule has 0 spiro atoms. The van der Waals surface area contributed by atoms with Crippen LogP contribution in [0.5, 0.6) is 17.2 Å². The van der Waals surface area contributed by atoms with E-state index in [1.54, 1.807) is 31.2 Å². The minimum absolute atomic E-state index is 0.0580. The number of aromatic nitrogens is 1. The van der Waals surface area contributed by atoms with E-state index in [-0.39, 0.29) is 40.5 Å². The number of hydrogen-bond acceptors (Lipinski definition) is 10.